The molecule has 0 amide bonds. The van der Waals surface area contributed by atoms with Gasteiger partial charge in [0.1, 0.15) is 0 Å². The number of aryl methyl sites for hydroxylation is 1. The fraction of sp³-hybridized carbons (Fsp3) is 0.0652. The number of pyridine rings is 1. The molecule has 1 aromatic heterocycles. The number of benzene rings is 6. The lowest BCUT2D eigenvalue weighted by molar-refractivity contribution is 0.602. The Kier molecular flexibility index (Phi) is 7.82. The van der Waals surface area contributed by atoms with Crippen LogP contribution in [0.5, 0.6) is 0 Å². The van der Waals surface area contributed by atoms with E-state index in [1.54, 1.807) is 24.3 Å². The number of fused-ring (bicyclic) bond motifs is 3. The standard InChI is InChI=1S/C46H35N3O2S/c1-32-23-25-33(26-24-32)39-31-40(34-27-29-37(30-28-34)52(50,51)36-15-6-3-7-16-36)47-46-38(39)17-12-22-45(46)49-43-20-10-8-18-41(43)48(35-13-4-2-5-14-35)42-19-9-11-21-44(42)49/h2,4-6,8-31H,3,7H2,1H3. The van der Waals surface area contributed by atoms with Crippen molar-refractivity contribution in [2.75, 3.05) is 9.80 Å². The molecule has 0 spiro atoms. The highest BCUT2D eigenvalue weighted by Crippen LogP contribution is 2.55. The van der Waals surface area contributed by atoms with Crippen LogP contribution in [0.1, 0.15) is 18.4 Å². The van der Waals surface area contributed by atoms with Gasteiger partial charge in [0.15, 0.2) is 0 Å². The summed E-state index contributed by atoms with van der Waals surface area (Å²) >= 11 is 0. The second-order valence-electron chi connectivity index (χ2n) is 13.2. The third-order valence-corrected chi connectivity index (χ3v) is 11.7. The van der Waals surface area contributed by atoms with Gasteiger partial charge in [0.05, 0.1) is 49.4 Å². The Morgan fingerprint density at radius 2 is 1.17 bits per heavy atom. The van der Waals surface area contributed by atoms with E-state index in [1.165, 1.54) is 5.56 Å². The SMILES string of the molecule is Cc1ccc(-c2cc(-c3ccc(S(=O)(=O)C4=CCCC=C4)cc3)nc3c(N4c5ccccc5N(c5ccccc5)c5ccccc54)cccc23)cc1. The van der Waals surface area contributed by atoms with Crippen molar-refractivity contribution >= 4 is 54.9 Å². The van der Waals surface area contributed by atoms with Crippen molar-refractivity contribution in [2.24, 2.45) is 0 Å². The van der Waals surface area contributed by atoms with Crippen molar-refractivity contribution < 1.29 is 8.42 Å². The van der Waals surface area contributed by atoms with Crippen molar-refractivity contribution in [1.29, 1.82) is 0 Å². The van der Waals surface area contributed by atoms with Gasteiger partial charge in [0, 0.05) is 16.6 Å². The molecule has 7 aromatic rings. The van der Waals surface area contributed by atoms with Gasteiger partial charge in [-0.05, 0) is 97.6 Å². The van der Waals surface area contributed by atoms with Gasteiger partial charge in [-0.1, -0.05) is 109 Å². The van der Waals surface area contributed by atoms with Gasteiger partial charge in [-0.2, -0.15) is 0 Å². The molecule has 1 aliphatic carbocycles. The van der Waals surface area contributed by atoms with Gasteiger partial charge in [0.25, 0.3) is 0 Å². The largest absolute Gasteiger partial charge is 0.306 e. The van der Waals surface area contributed by atoms with E-state index in [0.717, 1.165) is 80.3 Å². The van der Waals surface area contributed by atoms with Crippen LogP contribution < -0.4 is 9.80 Å². The van der Waals surface area contributed by atoms with Crippen molar-refractivity contribution in [3.8, 4) is 22.4 Å². The van der Waals surface area contributed by atoms with Crippen LogP contribution in [0, 0.1) is 6.92 Å². The van der Waals surface area contributed by atoms with Crippen LogP contribution >= 0.6 is 0 Å². The molecule has 0 saturated heterocycles. The lowest BCUT2D eigenvalue weighted by Crippen LogP contribution is -2.24. The molecular weight excluding hydrogens is 659 g/mol. The second kappa shape index (κ2) is 12.8. The highest BCUT2D eigenvalue weighted by molar-refractivity contribution is 7.95. The molecule has 9 rings (SSSR count). The van der Waals surface area contributed by atoms with Crippen molar-refractivity contribution in [1.82, 2.24) is 4.98 Å². The number of para-hydroxylation sites is 6. The first-order chi connectivity index (χ1) is 25.5. The minimum atomic E-state index is -3.61. The molecule has 52 heavy (non-hydrogen) atoms. The maximum Gasteiger partial charge on any atom is 0.206 e. The van der Waals surface area contributed by atoms with Crippen LogP contribution in [0.2, 0.25) is 0 Å². The molecular formula is C46H35N3O2S. The van der Waals surface area contributed by atoms with Gasteiger partial charge in [-0.15, -0.1) is 0 Å². The summed E-state index contributed by atoms with van der Waals surface area (Å²) in [6.07, 6.45) is 7.02. The molecule has 0 saturated carbocycles. The Balaban J connectivity index is 1.25. The van der Waals surface area contributed by atoms with Crippen molar-refractivity contribution in [3.63, 3.8) is 0 Å². The molecule has 5 nitrogen and oxygen atoms in total. The predicted molar refractivity (Wildman–Crippen MR) is 214 cm³/mol. The van der Waals surface area contributed by atoms with E-state index in [9.17, 15) is 8.42 Å². The lowest BCUT2D eigenvalue weighted by atomic mass is 9.96. The van der Waals surface area contributed by atoms with Crippen molar-refractivity contribution in [2.45, 2.75) is 24.7 Å². The molecule has 0 radical (unpaired) electrons. The molecule has 0 unspecified atom stereocenters. The molecule has 0 N–H and O–H groups in total. The first-order valence-electron chi connectivity index (χ1n) is 17.5. The number of nitrogens with zero attached hydrogens (tertiary/aromatic N) is 3. The minimum Gasteiger partial charge on any atom is -0.306 e. The normalized spacial score (nSPS) is 13.8. The summed E-state index contributed by atoms with van der Waals surface area (Å²) in [5, 5.41) is 1.03. The highest BCUT2D eigenvalue weighted by atomic mass is 32.2. The maximum absolute atomic E-state index is 13.5. The topological polar surface area (TPSA) is 53.5 Å². The predicted octanol–water partition coefficient (Wildman–Crippen LogP) is 12.1. The number of allylic oxidation sites excluding steroid dienone is 3. The number of hydrogen-bond acceptors (Lipinski definition) is 5. The average molecular weight is 694 g/mol. The summed E-state index contributed by atoms with van der Waals surface area (Å²) in [5.41, 5.74) is 12.0. The van der Waals surface area contributed by atoms with Gasteiger partial charge in [-0.3, -0.25) is 0 Å². The number of aromatic nitrogens is 1. The Bertz CT molecular complexity index is 2600. The average Bonchev–Trinajstić information content (AvgIpc) is 3.20. The monoisotopic (exact) mass is 693 g/mol. The summed E-state index contributed by atoms with van der Waals surface area (Å²) in [6, 6.07) is 51.7. The summed E-state index contributed by atoms with van der Waals surface area (Å²) in [7, 11) is -3.61. The first-order valence-corrected chi connectivity index (χ1v) is 19.0. The van der Waals surface area contributed by atoms with Gasteiger partial charge >= 0.3 is 0 Å². The van der Waals surface area contributed by atoms with Crippen LogP contribution in [0.3, 0.4) is 0 Å². The fourth-order valence-electron chi connectivity index (χ4n) is 7.32. The summed E-state index contributed by atoms with van der Waals surface area (Å²) in [4.78, 5) is 10.7. The summed E-state index contributed by atoms with van der Waals surface area (Å²) < 4.78 is 26.9. The molecule has 2 heterocycles. The summed E-state index contributed by atoms with van der Waals surface area (Å²) in [5.74, 6) is 0. The molecule has 6 heteroatoms. The number of rotatable bonds is 6. The van der Waals surface area contributed by atoms with Gasteiger partial charge in [0.2, 0.25) is 9.84 Å². The third-order valence-electron chi connectivity index (χ3n) is 9.89. The van der Waals surface area contributed by atoms with Crippen LogP contribution in [0.25, 0.3) is 33.3 Å². The van der Waals surface area contributed by atoms with Crippen LogP contribution in [0.15, 0.2) is 180 Å². The van der Waals surface area contributed by atoms with E-state index < -0.39 is 9.84 Å². The van der Waals surface area contributed by atoms with Gasteiger partial charge in [-0.25, -0.2) is 13.4 Å². The minimum absolute atomic E-state index is 0.277. The first kappa shape index (κ1) is 31.7. The van der Waals surface area contributed by atoms with Crippen LogP contribution in [-0.2, 0) is 9.84 Å². The Labute approximate surface area is 304 Å². The zero-order valence-electron chi connectivity index (χ0n) is 28.6. The smallest absolute Gasteiger partial charge is 0.206 e. The zero-order chi connectivity index (χ0) is 35.2. The Morgan fingerprint density at radius 1 is 0.577 bits per heavy atom. The molecule has 252 valence electrons. The van der Waals surface area contributed by atoms with E-state index in [1.807, 2.05) is 24.3 Å². The van der Waals surface area contributed by atoms with Crippen LogP contribution in [-0.4, -0.2) is 13.4 Å². The van der Waals surface area contributed by atoms with E-state index in [-0.39, 0.29) is 4.90 Å². The lowest BCUT2D eigenvalue weighted by Gasteiger charge is -2.40. The molecule has 0 bridgehead atoms. The zero-order valence-corrected chi connectivity index (χ0v) is 29.5. The molecule has 6 aromatic carbocycles. The second-order valence-corrected chi connectivity index (χ2v) is 15.1. The van der Waals surface area contributed by atoms with Crippen LogP contribution in [0.4, 0.5) is 34.1 Å². The number of sulfone groups is 1. The fourth-order valence-corrected chi connectivity index (χ4v) is 8.70. The number of anilines is 6. The van der Waals surface area contributed by atoms with E-state index in [4.69, 9.17) is 4.98 Å². The van der Waals surface area contributed by atoms with E-state index >= 15 is 0 Å². The number of hydrogen-bond donors (Lipinski definition) is 0. The van der Waals surface area contributed by atoms with Gasteiger partial charge < -0.3 is 9.80 Å². The van der Waals surface area contributed by atoms with E-state index in [0.29, 0.717) is 4.91 Å². The maximum atomic E-state index is 13.5. The summed E-state index contributed by atoms with van der Waals surface area (Å²) in [6.45, 7) is 2.09. The van der Waals surface area contributed by atoms with Crippen molar-refractivity contribution in [3.05, 3.63) is 180 Å². The third kappa shape index (κ3) is 5.40. The Hall–Kier alpha value is -6.24. The molecule has 0 atom stereocenters. The molecule has 0 fully saturated rings. The quantitative estimate of drug-likeness (QED) is 0.173. The molecule has 2 aliphatic rings. The van der Waals surface area contributed by atoms with E-state index in [2.05, 4.69) is 138 Å². The molecule has 1 aliphatic heterocycles. The highest BCUT2D eigenvalue weighted by Gasteiger charge is 2.31. The Morgan fingerprint density at radius 3 is 1.81 bits per heavy atom.